The van der Waals surface area contributed by atoms with Gasteiger partial charge < -0.3 is 34.2 Å². The summed E-state index contributed by atoms with van der Waals surface area (Å²) in [5.74, 6) is -1.66. The highest BCUT2D eigenvalue weighted by atomic mass is 31.2. The van der Waals surface area contributed by atoms with Crippen molar-refractivity contribution in [3.8, 4) is 0 Å². The highest BCUT2D eigenvalue weighted by molar-refractivity contribution is 7.47. The van der Waals surface area contributed by atoms with Crippen molar-refractivity contribution in [1.82, 2.24) is 0 Å². The largest absolute Gasteiger partial charge is 0.472 e. The van der Waals surface area contributed by atoms with Gasteiger partial charge in [-0.2, -0.15) is 0 Å². The SMILES string of the molecule is CC/C=C\C/C=C\C/C=C\C/C=C\C/C=C\C/C=C\CCCCCCCCCCC(=O)OCC(COP(=O)(O)OCC(O)COP(=O)(O)OCC(O)COC(=O)CCCCCCCCCCCCCCCCC/C=C\C/C=C\C/C=C\C/C=C\CCCCC)OC(=O)CCC/C=C\C/C=C\C/C=C\C/C=C\C/C=C\CC. The van der Waals surface area contributed by atoms with E-state index < -0.39 is 91.5 Å². The summed E-state index contributed by atoms with van der Waals surface area (Å²) in [5.41, 5.74) is 0. The van der Waals surface area contributed by atoms with Gasteiger partial charge in [-0.3, -0.25) is 32.5 Å². The zero-order chi connectivity index (χ0) is 80.8. The van der Waals surface area contributed by atoms with E-state index in [0.717, 1.165) is 154 Å². The maximum absolute atomic E-state index is 13.0. The fourth-order valence-corrected chi connectivity index (χ4v) is 12.7. The van der Waals surface area contributed by atoms with Gasteiger partial charge in [0.2, 0.25) is 0 Å². The van der Waals surface area contributed by atoms with Crippen LogP contribution in [0.25, 0.3) is 0 Å². The van der Waals surface area contributed by atoms with Gasteiger partial charge in [-0.15, -0.1) is 0 Å². The molecule has 111 heavy (non-hydrogen) atoms. The molecule has 0 aliphatic carbocycles. The summed E-state index contributed by atoms with van der Waals surface area (Å²) in [6.45, 7) is 2.35. The zero-order valence-electron chi connectivity index (χ0n) is 69.3. The molecular weight excluding hydrogens is 1430 g/mol. The second-order valence-electron chi connectivity index (χ2n) is 28.2. The second kappa shape index (κ2) is 84.1. The first-order chi connectivity index (χ1) is 54.2. The molecule has 0 heterocycles. The highest BCUT2D eigenvalue weighted by Crippen LogP contribution is 2.45. The van der Waals surface area contributed by atoms with Crippen LogP contribution in [0.3, 0.4) is 0 Å². The van der Waals surface area contributed by atoms with E-state index in [1.807, 2.05) is 12.2 Å². The number of phosphoric ester groups is 2. The Kier molecular flexibility index (Phi) is 80.0. The van der Waals surface area contributed by atoms with Crippen LogP contribution in [0.1, 0.15) is 329 Å². The lowest BCUT2D eigenvalue weighted by atomic mass is 10.0. The Morgan fingerprint density at radius 1 is 0.261 bits per heavy atom. The van der Waals surface area contributed by atoms with Gasteiger partial charge in [0.1, 0.15) is 25.4 Å². The van der Waals surface area contributed by atoms with Crippen LogP contribution in [0.4, 0.5) is 0 Å². The Balaban J connectivity index is 4.59. The second-order valence-corrected chi connectivity index (χ2v) is 31.1. The molecule has 0 saturated carbocycles. The van der Waals surface area contributed by atoms with E-state index in [-0.39, 0.29) is 19.3 Å². The number of hydrogen-bond acceptors (Lipinski definition) is 14. The number of hydrogen-bond donors (Lipinski definition) is 4. The molecule has 16 nitrogen and oxygen atoms in total. The van der Waals surface area contributed by atoms with Crippen molar-refractivity contribution in [3.63, 3.8) is 0 Å². The van der Waals surface area contributed by atoms with E-state index >= 15 is 0 Å². The van der Waals surface area contributed by atoms with Crippen LogP contribution in [0.15, 0.2) is 182 Å². The molecule has 0 fully saturated rings. The molecule has 5 unspecified atom stereocenters. The summed E-state index contributed by atoms with van der Waals surface area (Å²) in [6.07, 6.45) is 110. The van der Waals surface area contributed by atoms with Crippen LogP contribution >= 0.6 is 15.6 Å². The number of rotatable bonds is 80. The van der Waals surface area contributed by atoms with Gasteiger partial charge in [-0.25, -0.2) is 9.13 Å². The van der Waals surface area contributed by atoms with Gasteiger partial charge >= 0.3 is 33.6 Å². The van der Waals surface area contributed by atoms with Crippen molar-refractivity contribution in [3.05, 3.63) is 182 Å². The van der Waals surface area contributed by atoms with Crippen molar-refractivity contribution in [2.45, 2.75) is 347 Å². The molecule has 632 valence electrons. The van der Waals surface area contributed by atoms with Crippen molar-refractivity contribution >= 4 is 33.6 Å². The van der Waals surface area contributed by atoms with Crippen molar-refractivity contribution < 1.29 is 75.8 Å². The van der Waals surface area contributed by atoms with Gasteiger partial charge in [0.05, 0.1) is 26.4 Å². The van der Waals surface area contributed by atoms with Gasteiger partial charge in [0, 0.05) is 19.3 Å². The van der Waals surface area contributed by atoms with Gasteiger partial charge in [-0.1, -0.05) is 338 Å². The minimum Gasteiger partial charge on any atom is -0.463 e. The molecule has 0 aromatic heterocycles. The predicted octanol–water partition coefficient (Wildman–Crippen LogP) is 26.1. The fraction of sp³-hybridized carbons (Fsp3) is 0.645. The summed E-state index contributed by atoms with van der Waals surface area (Å²) in [6, 6.07) is 0. The molecule has 0 spiro atoms. The van der Waals surface area contributed by atoms with Crippen LogP contribution in [0.2, 0.25) is 0 Å². The lowest BCUT2D eigenvalue weighted by Crippen LogP contribution is -2.30. The molecular formula is C93H154O16P2. The van der Waals surface area contributed by atoms with E-state index in [4.69, 9.17) is 32.3 Å². The first kappa shape index (κ1) is 106. The monoisotopic (exact) mass is 1590 g/mol. The maximum Gasteiger partial charge on any atom is 0.472 e. The van der Waals surface area contributed by atoms with Crippen molar-refractivity contribution in [2.24, 2.45) is 0 Å². The minimum atomic E-state index is -4.96. The molecule has 0 saturated heterocycles. The number of aliphatic hydroxyl groups is 2. The van der Waals surface area contributed by atoms with Gasteiger partial charge in [0.15, 0.2) is 6.10 Å². The number of allylic oxidation sites excluding steroid dienone is 30. The third kappa shape index (κ3) is 85.4. The van der Waals surface area contributed by atoms with Gasteiger partial charge in [-0.05, 0) is 154 Å². The zero-order valence-corrected chi connectivity index (χ0v) is 71.1. The topological polar surface area (TPSA) is 231 Å². The van der Waals surface area contributed by atoms with E-state index in [9.17, 15) is 43.5 Å². The molecule has 0 aromatic carbocycles. The highest BCUT2D eigenvalue weighted by Gasteiger charge is 2.29. The Hall–Kier alpha value is -5.35. The quantitative estimate of drug-likeness (QED) is 0.0146. The summed E-state index contributed by atoms with van der Waals surface area (Å²) in [7, 11) is -9.83. The van der Waals surface area contributed by atoms with Gasteiger partial charge in [0.25, 0.3) is 0 Å². The van der Waals surface area contributed by atoms with Crippen LogP contribution < -0.4 is 0 Å². The Morgan fingerprint density at radius 2 is 0.486 bits per heavy atom. The average molecular weight is 1590 g/mol. The predicted molar refractivity (Wildman–Crippen MR) is 463 cm³/mol. The smallest absolute Gasteiger partial charge is 0.463 e. The fourth-order valence-electron chi connectivity index (χ4n) is 11.1. The van der Waals surface area contributed by atoms with Crippen molar-refractivity contribution in [1.29, 1.82) is 0 Å². The third-order valence-electron chi connectivity index (χ3n) is 17.6. The molecule has 5 atom stereocenters. The molecule has 0 rings (SSSR count). The molecule has 0 aromatic rings. The molecule has 0 aliphatic rings. The average Bonchev–Trinajstić information content (AvgIpc) is 0.906. The number of phosphoric acid groups is 2. The number of esters is 3. The normalized spacial score (nSPS) is 14.8. The summed E-state index contributed by atoms with van der Waals surface area (Å²) < 4.78 is 61.2. The standard InChI is InChI=1S/C93H154O16P2/c1-4-7-10-13-16-19-22-25-28-31-33-35-37-39-41-42-43-44-46-48-49-51-53-56-58-61-64-67-70-73-76-79-91(96)103-82-88(94)83-105-110(99,100)106-84-89(95)85-107-111(101,102)108-87-90(109-93(98)81-78-75-72-69-66-63-60-55-30-27-24-21-18-15-12-9-6-3)86-104-92(97)80-77-74-71-68-65-62-59-57-54-52-50-47-45-40-38-36-34-32-29-26-23-20-17-14-11-8-5-2/h8-9,11-12,16-21,25-30,33-36,39-41,45,50,52,60,63,69,72,88-90,94-95H,4-7,10,13-15,22-24,31-32,37-38,42-44,46-49,51,53-59,61-62,64-68,70-71,73-87H2,1-3H3,(H,99,100)(H,101,102)/b11-8-,12-9-,19-16-,20-17-,21-18-,28-25-,29-26-,30-27-,35-33-,36-34-,41-39-,45-40-,52-50-,63-60-,72-69-. The Morgan fingerprint density at radius 3 is 0.784 bits per heavy atom. The minimum absolute atomic E-state index is 0.0179. The number of unbranched alkanes of at least 4 members (excludes halogenated alkanes) is 27. The summed E-state index contributed by atoms with van der Waals surface area (Å²) in [5, 5.41) is 20.7. The molecule has 0 amide bonds. The lowest BCUT2D eigenvalue weighted by Gasteiger charge is -2.21. The van der Waals surface area contributed by atoms with E-state index in [1.165, 1.54) is 109 Å². The maximum atomic E-state index is 13.0. The molecule has 18 heteroatoms. The van der Waals surface area contributed by atoms with Crippen LogP contribution in [0.5, 0.6) is 0 Å². The Bertz CT molecular complexity index is 2750. The Labute approximate surface area is 675 Å². The van der Waals surface area contributed by atoms with Crippen molar-refractivity contribution in [2.75, 3.05) is 39.6 Å². The van der Waals surface area contributed by atoms with E-state index in [0.29, 0.717) is 25.7 Å². The van der Waals surface area contributed by atoms with Crippen LogP contribution in [-0.2, 0) is 55.8 Å². The first-order valence-corrected chi connectivity index (χ1v) is 46.1. The third-order valence-corrected chi connectivity index (χ3v) is 19.5. The lowest BCUT2D eigenvalue weighted by molar-refractivity contribution is -0.161. The van der Waals surface area contributed by atoms with E-state index in [2.05, 4.69) is 191 Å². The molecule has 0 aliphatic heterocycles. The van der Waals surface area contributed by atoms with E-state index in [1.54, 1.807) is 0 Å². The first-order valence-electron chi connectivity index (χ1n) is 43.1. The molecule has 0 bridgehead atoms. The summed E-state index contributed by atoms with van der Waals surface area (Å²) in [4.78, 5) is 58.8. The number of ether oxygens (including phenoxy) is 3. The number of carbonyl (C=O) groups excluding carboxylic acids is 3. The van der Waals surface area contributed by atoms with Crippen LogP contribution in [-0.4, -0.2) is 95.9 Å². The van der Waals surface area contributed by atoms with Crippen LogP contribution in [0, 0.1) is 0 Å². The summed E-state index contributed by atoms with van der Waals surface area (Å²) >= 11 is 0. The number of aliphatic hydroxyl groups excluding tert-OH is 2. The number of carbonyl (C=O) groups is 3. The molecule has 4 N–H and O–H groups in total. The molecule has 0 radical (unpaired) electrons.